The normalized spacial score (nSPS) is 11.0. The molecule has 0 fully saturated rings. The molecule has 4 nitrogen and oxygen atoms in total. The molecule has 22 heavy (non-hydrogen) atoms. The van der Waals surface area contributed by atoms with Crippen LogP contribution in [0.3, 0.4) is 0 Å². The highest BCUT2D eigenvalue weighted by Gasteiger charge is 2.14. The van der Waals surface area contributed by atoms with Gasteiger partial charge in [-0.1, -0.05) is 18.2 Å². The topological polar surface area (TPSA) is 53.1 Å². The lowest BCUT2D eigenvalue weighted by atomic mass is 10.3. The Labute approximate surface area is 126 Å². The van der Waals surface area contributed by atoms with E-state index in [0.717, 1.165) is 12.1 Å². The molecule has 0 saturated carbocycles. The van der Waals surface area contributed by atoms with Gasteiger partial charge in [0.25, 0.3) is 0 Å². The number of nitrogens with two attached hydrogens (primary N) is 1. The van der Waals surface area contributed by atoms with Crippen molar-refractivity contribution in [2.75, 3.05) is 6.54 Å². The molecule has 3 aromatic rings. The summed E-state index contributed by atoms with van der Waals surface area (Å²) < 4.78 is 34.2. The van der Waals surface area contributed by atoms with Crippen molar-refractivity contribution in [1.82, 2.24) is 9.55 Å². The number of imidazole rings is 1. The van der Waals surface area contributed by atoms with Crippen LogP contribution in [0.1, 0.15) is 5.82 Å². The van der Waals surface area contributed by atoms with Gasteiger partial charge in [-0.3, -0.25) is 0 Å². The van der Waals surface area contributed by atoms with Crippen LogP contribution in [0, 0.1) is 11.6 Å². The van der Waals surface area contributed by atoms with E-state index in [4.69, 9.17) is 10.5 Å². The number of nitrogens with zero attached hydrogens (tertiary/aromatic N) is 2. The molecule has 6 heteroatoms. The van der Waals surface area contributed by atoms with Crippen LogP contribution in [-0.4, -0.2) is 16.1 Å². The fraction of sp³-hybridized carbons (Fsp3) is 0.188. The van der Waals surface area contributed by atoms with E-state index in [1.807, 2.05) is 30.3 Å². The number of para-hydroxylation sites is 1. The van der Waals surface area contributed by atoms with Gasteiger partial charge in [0.15, 0.2) is 11.6 Å². The molecule has 0 aliphatic rings. The predicted molar refractivity (Wildman–Crippen MR) is 79.5 cm³/mol. The Morgan fingerprint density at radius 2 is 1.82 bits per heavy atom. The second-order valence-corrected chi connectivity index (χ2v) is 4.83. The Hall–Kier alpha value is -2.47. The first-order chi connectivity index (χ1) is 10.7. The van der Waals surface area contributed by atoms with E-state index in [-0.39, 0.29) is 6.61 Å². The van der Waals surface area contributed by atoms with Crippen molar-refractivity contribution in [2.45, 2.75) is 13.2 Å². The number of benzene rings is 2. The van der Waals surface area contributed by atoms with E-state index in [0.29, 0.717) is 35.7 Å². The van der Waals surface area contributed by atoms with Crippen LogP contribution in [-0.2, 0) is 13.2 Å². The lowest BCUT2D eigenvalue weighted by Crippen LogP contribution is -2.14. The van der Waals surface area contributed by atoms with Gasteiger partial charge in [-0.25, -0.2) is 13.8 Å². The van der Waals surface area contributed by atoms with Gasteiger partial charge >= 0.3 is 0 Å². The zero-order valence-electron chi connectivity index (χ0n) is 11.8. The quantitative estimate of drug-likeness (QED) is 0.788. The van der Waals surface area contributed by atoms with E-state index in [1.165, 1.54) is 0 Å². The summed E-state index contributed by atoms with van der Waals surface area (Å²) in [7, 11) is 0. The standard InChI is InChI=1S/C16H15F2N3O/c17-12-8-14-15(9-13(12)18)21(7-6-19)16(20-14)10-22-11-4-2-1-3-5-11/h1-5,8-9H,6-7,10,19H2. The second-order valence-electron chi connectivity index (χ2n) is 4.83. The van der Waals surface area contributed by atoms with Crippen LogP contribution in [0.25, 0.3) is 11.0 Å². The van der Waals surface area contributed by atoms with Crippen molar-refractivity contribution in [3.63, 3.8) is 0 Å². The number of aromatic nitrogens is 2. The summed E-state index contributed by atoms with van der Waals surface area (Å²) in [4.78, 5) is 4.32. The lowest BCUT2D eigenvalue weighted by molar-refractivity contribution is 0.290. The van der Waals surface area contributed by atoms with E-state index in [9.17, 15) is 8.78 Å². The molecule has 0 unspecified atom stereocenters. The average molecular weight is 303 g/mol. The van der Waals surface area contributed by atoms with E-state index in [2.05, 4.69) is 4.98 Å². The maximum atomic E-state index is 13.5. The number of fused-ring (bicyclic) bond motifs is 1. The minimum absolute atomic E-state index is 0.196. The fourth-order valence-corrected chi connectivity index (χ4v) is 2.32. The van der Waals surface area contributed by atoms with Crippen molar-refractivity contribution >= 4 is 11.0 Å². The molecule has 0 spiro atoms. The molecule has 2 aromatic carbocycles. The summed E-state index contributed by atoms with van der Waals surface area (Å²) >= 11 is 0. The Kier molecular flexibility index (Phi) is 4.02. The summed E-state index contributed by atoms with van der Waals surface area (Å²) in [6, 6.07) is 11.5. The summed E-state index contributed by atoms with van der Waals surface area (Å²) in [5, 5.41) is 0. The van der Waals surface area contributed by atoms with Crippen molar-refractivity contribution in [1.29, 1.82) is 0 Å². The molecule has 0 amide bonds. The molecular weight excluding hydrogens is 288 g/mol. The zero-order valence-corrected chi connectivity index (χ0v) is 11.8. The fourth-order valence-electron chi connectivity index (χ4n) is 2.32. The molecular formula is C16H15F2N3O. The Bertz CT molecular complexity index is 787. The Morgan fingerprint density at radius 1 is 1.09 bits per heavy atom. The van der Waals surface area contributed by atoms with Crippen LogP contribution in [0.15, 0.2) is 42.5 Å². The molecule has 1 heterocycles. The van der Waals surface area contributed by atoms with Crippen LogP contribution in [0.2, 0.25) is 0 Å². The molecule has 0 aliphatic carbocycles. The van der Waals surface area contributed by atoms with Crippen LogP contribution in [0.5, 0.6) is 5.75 Å². The number of ether oxygens (including phenoxy) is 1. The van der Waals surface area contributed by atoms with Gasteiger partial charge in [0.1, 0.15) is 18.2 Å². The van der Waals surface area contributed by atoms with E-state index < -0.39 is 11.6 Å². The minimum Gasteiger partial charge on any atom is -0.486 e. The van der Waals surface area contributed by atoms with Gasteiger partial charge < -0.3 is 15.0 Å². The maximum Gasteiger partial charge on any atom is 0.161 e. The predicted octanol–water partition coefficient (Wildman–Crippen LogP) is 2.85. The molecule has 0 radical (unpaired) electrons. The zero-order chi connectivity index (χ0) is 15.5. The smallest absolute Gasteiger partial charge is 0.161 e. The van der Waals surface area contributed by atoms with E-state index >= 15 is 0 Å². The van der Waals surface area contributed by atoms with Crippen molar-refractivity contribution < 1.29 is 13.5 Å². The molecule has 0 aliphatic heterocycles. The molecule has 3 rings (SSSR count). The van der Waals surface area contributed by atoms with Gasteiger partial charge in [0, 0.05) is 25.2 Å². The first-order valence-electron chi connectivity index (χ1n) is 6.91. The highest BCUT2D eigenvalue weighted by molar-refractivity contribution is 5.76. The van der Waals surface area contributed by atoms with Crippen LogP contribution >= 0.6 is 0 Å². The van der Waals surface area contributed by atoms with Crippen LogP contribution < -0.4 is 10.5 Å². The molecule has 0 bridgehead atoms. The Balaban J connectivity index is 1.95. The SMILES string of the molecule is NCCn1c(COc2ccccc2)nc2cc(F)c(F)cc21. The van der Waals surface area contributed by atoms with Crippen molar-refractivity contribution in [3.05, 3.63) is 59.9 Å². The summed E-state index contributed by atoms with van der Waals surface area (Å²) in [5.41, 5.74) is 6.50. The maximum absolute atomic E-state index is 13.5. The number of hydrogen-bond acceptors (Lipinski definition) is 3. The number of halogens is 2. The van der Waals surface area contributed by atoms with Gasteiger partial charge in [-0.05, 0) is 12.1 Å². The number of rotatable bonds is 5. The lowest BCUT2D eigenvalue weighted by Gasteiger charge is -2.09. The van der Waals surface area contributed by atoms with Gasteiger partial charge in [0.2, 0.25) is 0 Å². The average Bonchev–Trinajstić information content (AvgIpc) is 2.84. The molecule has 1 aromatic heterocycles. The van der Waals surface area contributed by atoms with Gasteiger partial charge in [-0.2, -0.15) is 0 Å². The van der Waals surface area contributed by atoms with Crippen molar-refractivity contribution in [3.8, 4) is 5.75 Å². The summed E-state index contributed by atoms with van der Waals surface area (Å²) in [6.07, 6.45) is 0. The highest BCUT2D eigenvalue weighted by Crippen LogP contribution is 2.21. The third kappa shape index (κ3) is 2.78. The first-order valence-corrected chi connectivity index (χ1v) is 6.91. The molecule has 0 atom stereocenters. The second kappa shape index (κ2) is 6.11. The largest absolute Gasteiger partial charge is 0.486 e. The van der Waals surface area contributed by atoms with Gasteiger partial charge in [0.05, 0.1) is 11.0 Å². The Morgan fingerprint density at radius 3 is 2.55 bits per heavy atom. The van der Waals surface area contributed by atoms with Crippen molar-refractivity contribution in [2.24, 2.45) is 5.73 Å². The summed E-state index contributed by atoms with van der Waals surface area (Å²) in [5.74, 6) is -0.540. The monoisotopic (exact) mass is 303 g/mol. The minimum atomic E-state index is -0.916. The molecule has 0 saturated heterocycles. The van der Waals surface area contributed by atoms with Crippen LogP contribution in [0.4, 0.5) is 8.78 Å². The van der Waals surface area contributed by atoms with Gasteiger partial charge in [-0.15, -0.1) is 0 Å². The molecule has 2 N–H and O–H groups in total. The highest BCUT2D eigenvalue weighted by atomic mass is 19.2. The first kappa shape index (κ1) is 14.5. The number of hydrogen-bond donors (Lipinski definition) is 1. The molecule has 114 valence electrons. The summed E-state index contributed by atoms with van der Waals surface area (Å²) in [6.45, 7) is 1.01. The third-order valence-electron chi connectivity index (χ3n) is 3.33. The van der Waals surface area contributed by atoms with E-state index in [1.54, 1.807) is 4.57 Å². The third-order valence-corrected chi connectivity index (χ3v) is 3.33.